The van der Waals surface area contributed by atoms with Crippen LogP contribution in [0.15, 0.2) is 66.4 Å². The van der Waals surface area contributed by atoms with E-state index in [1.54, 1.807) is 48.5 Å². The fraction of sp³-hybridized carbons (Fsp3) is 0.120. The molecule has 1 heterocycles. The molecule has 0 fully saturated rings. The quantitative estimate of drug-likeness (QED) is 0.384. The van der Waals surface area contributed by atoms with Gasteiger partial charge in [0.25, 0.3) is 0 Å². The molecule has 0 unspecified atom stereocenters. The van der Waals surface area contributed by atoms with E-state index >= 15 is 0 Å². The van der Waals surface area contributed by atoms with Gasteiger partial charge in [-0.05, 0) is 60.0 Å². The average Bonchev–Trinajstić information content (AvgIpc) is 3.09. The Morgan fingerprint density at radius 1 is 1.06 bits per heavy atom. The van der Waals surface area contributed by atoms with Gasteiger partial charge in [-0.3, -0.25) is 4.79 Å². The Hall–Kier alpha value is -3.57. The minimum Gasteiger partial charge on any atom is -0.489 e. The fourth-order valence-electron chi connectivity index (χ4n) is 3.29. The number of carbonyl (C=O) groups is 2. The van der Waals surface area contributed by atoms with Crippen molar-refractivity contribution in [1.82, 2.24) is 0 Å². The van der Waals surface area contributed by atoms with Crippen molar-refractivity contribution in [2.45, 2.75) is 13.5 Å². The summed E-state index contributed by atoms with van der Waals surface area (Å²) in [6.07, 6.45) is 1.70. The van der Waals surface area contributed by atoms with Gasteiger partial charge in [0.2, 0.25) is 5.78 Å². The highest BCUT2D eigenvalue weighted by atomic mass is 35.5. The zero-order chi connectivity index (χ0) is 22.0. The highest BCUT2D eigenvalue weighted by Gasteiger charge is 2.30. The SMILES string of the molecule is COC(=O)c1ccc(COc2cc(C)c3c(c2)O/C(=C\c2ccc(Cl)cc2)C3=O)cc1. The molecule has 0 amide bonds. The van der Waals surface area contributed by atoms with E-state index < -0.39 is 0 Å². The average molecular weight is 435 g/mol. The van der Waals surface area contributed by atoms with Gasteiger partial charge in [0.15, 0.2) is 5.76 Å². The van der Waals surface area contributed by atoms with E-state index in [0.717, 1.165) is 16.7 Å². The fourth-order valence-corrected chi connectivity index (χ4v) is 3.42. The van der Waals surface area contributed by atoms with Gasteiger partial charge in [-0.25, -0.2) is 4.79 Å². The number of allylic oxidation sites excluding steroid dienone is 1. The van der Waals surface area contributed by atoms with Crippen molar-refractivity contribution in [3.8, 4) is 11.5 Å². The number of benzene rings is 3. The van der Waals surface area contributed by atoms with Crippen molar-refractivity contribution in [2.24, 2.45) is 0 Å². The van der Waals surface area contributed by atoms with Crippen molar-refractivity contribution in [1.29, 1.82) is 0 Å². The Labute approximate surface area is 184 Å². The molecule has 31 heavy (non-hydrogen) atoms. The Morgan fingerprint density at radius 3 is 2.45 bits per heavy atom. The number of Topliss-reactive ketones (excluding diaryl/α,β-unsaturated/α-hetero) is 1. The van der Waals surface area contributed by atoms with Crippen LogP contribution in [0.25, 0.3) is 6.08 Å². The van der Waals surface area contributed by atoms with Gasteiger partial charge in [-0.1, -0.05) is 35.9 Å². The van der Waals surface area contributed by atoms with E-state index in [1.807, 2.05) is 25.1 Å². The lowest BCUT2D eigenvalue weighted by Gasteiger charge is -2.09. The molecular weight excluding hydrogens is 416 g/mol. The second kappa shape index (κ2) is 8.66. The lowest BCUT2D eigenvalue weighted by molar-refractivity contribution is 0.0600. The molecular formula is C25H19ClO5. The van der Waals surface area contributed by atoms with Crippen molar-refractivity contribution in [3.05, 3.63) is 99.3 Å². The summed E-state index contributed by atoms with van der Waals surface area (Å²) in [5.41, 5.74) is 3.51. The first-order valence-corrected chi connectivity index (χ1v) is 9.97. The standard InChI is InChI=1S/C25H19ClO5/c1-15-11-20(30-14-17-3-7-18(8-4-17)25(28)29-2)13-21-23(15)24(27)22(31-21)12-16-5-9-19(26)10-6-16/h3-13H,14H2,1-2H3/b22-12-. The lowest BCUT2D eigenvalue weighted by Crippen LogP contribution is -2.02. The molecule has 156 valence electrons. The summed E-state index contributed by atoms with van der Waals surface area (Å²) >= 11 is 5.92. The van der Waals surface area contributed by atoms with Crippen molar-refractivity contribution >= 4 is 29.4 Å². The molecule has 0 bridgehead atoms. The maximum Gasteiger partial charge on any atom is 0.337 e. The van der Waals surface area contributed by atoms with Crippen LogP contribution < -0.4 is 9.47 Å². The van der Waals surface area contributed by atoms with Gasteiger partial charge >= 0.3 is 5.97 Å². The predicted octanol–water partition coefficient (Wildman–Crippen LogP) is 5.63. The summed E-state index contributed by atoms with van der Waals surface area (Å²) in [6, 6.07) is 17.7. The number of hydrogen-bond donors (Lipinski definition) is 0. The van der Waals surface area contributed by atoms with E-state index in [1.165, 1.54) is 7.11 Å². The molecule has 0 atom stereocenters. The molecule has 3 aromatic rings. The lowest BCUT2D eigenvalue weighted by atomic mass is 10.0. The van der Waals surface area contributed by atoms with Gasteiger partial charge < -0.3 is 14.2 Å². The first kappa shape index (κ1) is 20.7. The number of esters is 1. The third-order valence-corrected chi connectivity index (χ3v) is 5.14. The van der Waals surface area contributed by atoms with Gasteiger partial charge in [-0.2, -0.15) is 0 Å². The van der Waals surface area contributed by atoms with Crippen LogP contribution in [-0.2, 0) is 11.3 Å². The van der Waals surface area contributed by atoms with Crippen molar-refractivity contribution in [3.63, 3.8) is 0 Å². The van der Waals surface area contributed by atoms with Crippen LogP contribution in [0.4, 0.5) is 0 Å². The number of halogens is 1. The maximum atomic E-state index is 12.8. The molecule has 0 N–H and O–H groups in total. The molecule has 0 spiro atoms. The zero-order valence-corrected chi connectivity index (χ0v) is 17.7. The summed E-state index contributed by atoms with van der Waals surface area (Å²) in [5.74, 6) is 0.782. The largest absolute Gasteiger partial charge is 0.489 e. The number of methoxy groups -OCH3 is 1. The summed E-state index contributed by atoms with van der Waals surface area (Å²) < 4.78 is 16.4. The second-order valence-electron chi connectivity index (χ2n) is 7.08. The van der Waals surface area contributed by atoms with Gasteiger partial charge in [0.05, 0.1) is 18.2 Å². The minimum absolute atomic E-state index is 0.160. The maximum absolute atomic E-state index is 12.8. The number of ketones is 1. The third-order valence-electron chi connectivity index (χ3n) is 4.89. The van der Waals surface area contributed by atoms with Gasteiger partial charge in [0.1, 0.15) is 18.1 Å². The van der Waals surface area contributed by atoms with Crippen LogP contribution in [0.3, 0.4) is 0 Å². The highest BCUT2D eigenvalue weighted by Crippen LogP contribution is 2.37. The summed E-state index contributed by atoms with van der Waals surface area (Å²) in [6.45, 7) is 2.16. The number of aryl methyl sites for hydroxylation is 1. The van der Waals surface area contributed by atoms with E-state index in [9.17, 15) is 9.59 Å². The molecule has 3 aromatic carbocycles. The second-order valence-corrected chi connectivity index (χ2v) is 7.52. The Balaban J connectivity index is 1.50. The molecule has 5 nitrogen and oxygen atoms in total. The van der Waals surface area contributed by atoms with E-state index in [-0.39, 0.29) is 17.5 Å². The predicted molar refractivity (Wildman–Crippen MR) is 118 cm³/mol. The number of fused-ring (bicyclic) bond motifs is 1. The molecule has 0 saturated carbocycles. The third kappa shape index (κ3) is 4.47. The zero-order valence-electron chi connectivity index (χ0n) is 17.0. The van der Waals surface area contributed by atoms with Crippen molar-refractivity contribution < 1.29 is 23.8 Å². The molecule has 0 aromatic heterocycles. The smallest absolute Gasteiger partial charge is 0.337 e. The topological polar surface area (TPSA) is 61.8 Å². The van der Waals surface area contributed by atoms with E-state index in [0.29, 0.717) is 34.3 Å². The summed E-state index contributed by atoms with van der Waals surface area (Å²) in [4.78, 5) is 24.3. The molecule has 0 saturated heterocycles. The van der Waals surface area contributed by atoms with Crippen LogP contribution in [0.5, 0.6) is 11.5 Å². The molecule has 1 aliphatic rings. The molecule has 0 aliphatic carbocycles. The summed E-state index contributed by atoms with van der Waals surface area (Å²) in [5, 5.41) is 0.627. The van der Waals surface area contributed by atoms with Gasteiger partial charge in [-0.15, -0.1) is 0 Å². The van der Waals surface area contributed by atoms with Crippen LogP contribution >= 0.6 is 11.6 Å². The highest BCUT2D eigenvalue weighted by molar-refractivity contribution is 6.30. The Morgan fingerprint density at radius 2 is 1.77 bits per heavy atom. The first-order valence-electron chi connectivity index (χ1n) is 9.59. The monoisotopic (exact) mass is 434 g/mol. The van der Waals surface area contributed by atoms with Crippen LogP contribution in [-0.4, -0.2) is 18.9 Å². The summed E-state index contributed by atoms with van der Waals surface area (Å²) in [7, 11) is 1.35. The number of carbonyl (C=O) groups excluding carboxylic acids is 2. The van der Waals surface area contributed by atoms with Crippen LogP contribution in [0.2, 0.25) is 5.02 Å². The van der Waals surface area contributed by atoms with Crippen molar-refractivity contribution in [2.75, 3.05) is 7.11 Å². The molecule has 0 radical (unpaired) electrons. The van der Waals surface area contributed by atoms with E-state index in [2.05, 4.69) is 0 Å². The van der Waals surface area contributed by atoms with E-state index in [4.69, 9.17) is 25.8 Å². The Bertz CT molecular complexity index is 1180. The number of hydrogen-bond acceptors (Lipinski definition) is 5. The van der Waals surface area contributed by atoms with Gasteiger partial charge in [0, 0.05) is 11.1 Å². The number of ether oxygens (including phenoxy) is 3. The minimum atomic E-state index is -0.383. The number of rotatable bonds is 5. The normalized spacial score (nSPS) is 13.6. The molecule has 6 heteroatoms. The molecule has 4 rings (SSSR count). The van der Waals surface area contributed by atoms with Crippen LogP contribution in [0, 0.1) is 6.92 Å². The molecule has 1 aliphatic heterocycles. The first-order chi connectivity index (χ1) is 14.9. The Kier molecular flexibility index (Phi) is 5.78. The van der Waals surface area contributed by atoms with Crippen LogP contribution in [0.1, 0.15) is 37.4 Å².